The molecule has 1 fully saturated rings. The lowest BCUT2D eigenvalue weighted by Crippen LogP contribution is -2.27. The van der Waals surface area contributed by atoms with Crippen LogP contribution in [0.5, 0.6) is 5.75 Å². The van der Waals surface area contributed by atoms with Crippen LogP contribution in [0.4, 0.5) is 0 Å². The second-order valence-corrected chi connectivity index (χ2v) is 9.21. The lowest BCUT2D eigenvalue weighted by Gasteiger charge is -2.33. The molecule has 31 heavy (non-hydrogen) atoms. The number of nitrogens with zero attached hydrogens (tertiary/aromatic N) is 1. The molecule has 4 rings (SSSR count). The Morgan fingerprint density at radius 2 is 1.45 bits per heavy atom. The summed E-state index contributed by atoms with van der Waals surface area (Å²) in [5.41, 5.74) is 3.53. The van der Waals surface area contributed by atoms with Gasteiger partial charge in [0.2, 0.25) is 0 Å². The van der Waals surface area contributed by atoms with Crippen LogP contribution >= 0.6 is 0 Å². The van der Waals surface area contributed by atoms with Crippen molar-refractivity contribution < 1.29 is 5.11 Å². The van der Waals surface area contributed by atoms with Gasteiger partial charge < -0.3 is 5.11 Å². The summed E-state index contributed by atoms with van der Waals surface area (Å²) in [5, 5.41) is 11.4. The van der Waals surface area contributed by atoms with Gasteiger partial charge >= 0.3 is 0 Å². The number of hydrogen-bond acceptors (Lipinski definition) is 2. The molecule has 3 aromatic rings. The molecule has 1 N–H and O–H groups in total. The summed E-state index contributed by atoms with van der Waals surface area (Å²) in [4.78, 5) is 4.93. The van der Waals surface area contributed by atoms with Gasteiger partial charge in [0, 0.05) is 22.8 Å². The molecular weight excluding hydrogens is 378 g/mol. The first-order chi connectivity index (χ1) is 15.0. The summed E-state index contributed by atoms with van der Waals surface area (Å²) >= 11 is 0. The Morgan fingerprint density at radius 1 is 0.839 bits per heavy atom. The minimum atomic E-state index is -0.469. The van der Waals surface area contributed by atoms with Gasteiger partial charge in [-0.1, -0.05) is 99.5 Å². The summed E-state index contributed by atoms with van der Waals surface area (Å²) in [6, 6.07) is 27.2. The fraction of sp³-hybridized carbons (Fsp3) is 0.345. The van der Waals surface area contributed by atoms with Gasteiger partial charge in [0.1, 0.15) is 5.75 Å². The van der Waals surface area contributed by atoms with Crippen LogP contribution in [-0.2, 0) is 5.41 Å². The van der Waals surface area contributed by atoms with E-state index in [1.165, 1.54) is 12.8 Å². The van der Waals surface area contributed by atoms with Crippen LogP contribution in [-0.4, -0.2) is 17.4 Å². The molecule has 2 heteroatoms. The number of rotatable bonds is 5. The summed E-state index contributed by atoms with van der Waals surface area (Å²) in [6.45, 7) is 6.83. The zero-order valence-corrected chi connectivity index (χ0v) is 18.8. The smallest absolute Gasteiger partial charge is 0.128 e. The zero-order chi connectivity index (χ0) is 21.8. The van der Waals surface area contributed by atoms with E-state index in [2.05, 4.69) is 69.3 Å². The van der Waals surface area contributed by atoms with Gasteiger partial charge in [-0.15, -0.1) is 0 Å². The Kier molecular flexibility index (Phi) is 6.27. The maximum absolute atomic E-state index is 11.4. The fourth-order valence-corrected chi connectivity index (χ4v) is 5.03. The first-order valence-electron chi connectivity index (χ1n) is 11.5. The third kappa shape index (κ3) is 4.17. The average molecular weight is 412 g/mol. The Hall–Kier alpha value is -2.87. The average Bonchev–Trinajstić information content (AvgIpc) is 2.81. The van der Waals surface area contributed by atoms with E-state index >= 15 is 0 Å². The van der Waals surface area contributed by atoms with Crippen LogP contribution < -0.4 is 0 Å². The molecule has 160 valence electrons. The van der Waals surface area contributed by atoms with Gasteiger partial charge in [-0.25, -0.2) is 0 Å². The van der Waals surface area contributed by atoms with E-state index in [1.54, 1.807) is 0 Å². The molecule has 1 aliphatic carbocycles. The summed E-state index contributed by atoms with van der Waals surface area (Å²) < 4.78 is 0. The van der Waals surface area contributed by atoms with E-state index in [1.807, 2.05) is 36.5 Å². The van der Waals surface area contributed by atoms with Crippen molar-refractivity contribution in [2.24, 2.45) is 16.8 Å². The van der Waals surface area contributed by atoms with Crippen molar-refractivity contribution in [3.8, 4) is 5.75 Å². The van der Waals surface area contributed by atoms with Gasteiger partial charge in [0.25, 0.3) is 0 Å². The zero-order valence-electron chi connectivity index (χ0n) is 18.8. The highest BCUT2D eigenvalue weighted by Crippen LogP contribution is 2.43. The molecule has 0 bridgehead atoms. The van der Waals surface area contributed by atoms with Crippen molar-refractivity contribution in [3.05, 3.63) is 101 Å². The summed E-state index contributed by atoms with van der Waals surface area (Å²) in [5.74, 6) is 1.60. The van der Waals surface area contributed by atoms with Crippen LogP contribution in [0.3, 0.4) is 0 Å². The van der Waals surface area contributed by atoms with Gasteiger partial charge in [0.15, 0.2) is 0 Å². The number of aliphatic imine (C=N–C) groups is 1. The predicted molar refractivity (Wildman–Crippen MR) is 130 cm³/mol. The van der Waals surface area contributed by atoms with Crippen LogP contribution in [0.2, 0.25) is 0 Å². The van der Waals surface area contributed by atoms with E-state index in [9.17, 15) is 5.11 Å². The van der Waals surface area contributed by atoms with Crippen LogP contribution in [0.15, 0.2) is 83.9 Å². The third-order valence-electron chi connectivity index (χ3n) is 7.38. The molecule has 1 aliphatic rings. The molecule has 1 saturated carbocycles. The maximum Gasteiger partial charge on any atom is 0.128 e. The van der Waals surface area contributed by atoms with E-state index in [0.717, 1.165) is 28.7 Å². The van der Waals surface area contributed by atoms with Crippen molar-refractivity contribution in [1.29, 1.82) is 0 Å². The molecule has 0 amide bonds. The quantitative estimate of drug-likeness (QED) is 0.356. The highest BCUT2D eigenvalue weighted by Gasteiger charge is 2.34. The first-order valence-corrected chi connectivity index (χ1v) is 11.5. The normalized spacial score (nSPS) is 22.0. The Bertz CT molecular complexity index is 986. The monoisotopic (exact) mass is 411 g/mol. The Labute approximate surface area is 186 Å². The molecular formula is C29H33NO. The Morgan fingerprint density at radius 3 is 2.06 bits per heavy atom. The van der Waals surface area contributed by atoms with Crippen molar-refractivity contribution in [1.82, 2.24) is 0 Å². The molecule has 0 radical (unpaired) electrons. The molecule has 2 nitrogen and oxygen atoms in total. The van der Waals surface area contributed by atoms with Crippen LogP contribution in [0, 0.1) is 11.8 Å². The second kappa shape index (κ2) is 9.09. The number of para-hydroxylation sites is 1. The van der Waals surface area contributed by atoms with Gasteiger partial charge in [-0.3, -0.25) is 4.99 Å². The minimum Gasteiger partial charge on any atom is -0.507 e. The molecule has 3 unspecified atom stereocenters. The van der Waals surface area contributed by atoms with E-state index in [4.69, 9.17) is 4.99 Å². The van der Waals surface area contributed by atoms with Crippen molar-refractivity contribution in [2.45, 2.75) is 51.5 Å². The van der Waals surface area contributed by atoms with E-state index in [0.29, 0.717) is 23.6 Å². The third-order valence-corrected chi connectivity index (χ3v) is 7.38. The fourth-order valence-electron chi connectivity index (χ4n) is 5.03. The number of aromatic hydroxyl groups is 1. The summed E-state index contributed by atoms with van der Waals surface area (Å²) in [6.07, 6.45) is 5.56. The molecule has 3 aromatic carbocycles. The minimum absolute atomic E-state index is 0.318. The molecule has 0 heterocycles. The molecule has 3 atom stereocenters. The standard InChI is InChI=1S/C29H33NO/c1-21-12-10-19-27(22(21)2)30-20-23-13-11-18-26(28(23)31)29(3,24-14-6-4-7-15-24)25-16-8-5-9-17-25/h4-9,11,13-18,20-22,27,31H,10,12,19H2,1-3H3. The molecule has 0 aromatic heterocycles. The van der Waals surface area contributed by atoms with E-state index in [-0.39, 0.29) is 0 Å². The topological polar surface area (TPSA) is 32.6 Å². The van der Waals surface area contributed by atoms with Gasteiger partial charge in [-0.2, -0.15) is 0 Å². The SMILES string of the molecule is CC1CCCC(N=Cc2cccc(C(C)(c3ccccc3)c3ccccc3)c2O)C1C. The van der Waals surface area contributed by atoms with E-state index < -0.39 is 5.41 Å². The Balaban J connectivity index is 1.77. The number of hydrogen-bond donors (Lipinski definition) is 1. The lowest BCUT2D eigenvalue weighted by atomic mass is 9.70. The largest absolute Gasteiger partial charge is 0.507 e. The maximum atomic E-state index is 11.4. The number of benzene rings is 3. The number of phenols is 1. The summed E-state index contributed by atoms with van der Waals surface area (Å²) in [7, 11) is 0. The van der Waals surface area contributed by atoms with Crippen molar-refractivity contribution in [3.63, 3.8) is 0 Å². The molecule has 0 saturated heterocycles. The van der Waals surface area contributed by atoms with Crippen LogP contribution in [0.25, 0.3) is 0 Å². The van der Waals surface area contributed by atoms with Crippen molar-refractivity contribution in [2.75, 3.05) is 0 Å². The lowest BCUT2D eigenvalue weighted by molar-refractivity contribution is 0.242. The molecule has 0 spiro atoms. The second-order valence-electron chi connectivity index (χ2n) is 9.21. The molecule has 0 aliphatic heterocycles. The first kappa shape index (κ1) is 21.4. The highest BCUT2D eigenvalue weighted by molar-refractivity contribution is 5.85. The highest BCUT2D eigenvalue weighted by atomic mass is 16.3. The predicted octanol–water partition coefficient (Wildman–Crippen LogP) is 6.99. The number of phenolic OH excluding ortho intramolecular Hbond substituents is 1. The van der Waals surface area contributed by atoms with Gasteiger partial charge in [0.05, 0.1) is 6.04 Å². The van der Waals surface area contributed by atoms with Crippen LogP contribution in [0.1, 0.15) is 62.3 Å². The van der Waals surface area contributed by atoms with Gasteiger partial charge in [-0.05, 0) is 42.4 Å². The van der Waals surface area contributed by atoms with Crippen molar-refractivity contribution >= 4 is 6.21 Å².